The predicted molar refractivity (Wildman–Crippen MR) is 291 cm³/mol. The normalized spacial score (nSPS) is 14.2. The van der Waals surface area contributed by atoms with Gasteiger partial charge in [0.25, 0.3) is 0 Å². The average Bonchev–Trinajstić information content (AvgIpc) is 3.91. The third-order valence-electron chi connectivity index (χ3n) is 15.6. The van der Waals surface area contributed by atoms with E-state index >= 15 is 0 Å². The van der Waals surface area contributed by atoms with Crippen molar-refractivity contribution < 1.29 is 4.74 Å². The summed E-state index contributed by atoms with van der Waals surface area (Å²) < 4.78 is 6.77. The van der Waals surface area contributed by atoms with E-state index in [1.54, 1.807) is 0 Å². The van der Waals surface area contributed by atoms with Crippen molar-refractivity contribution in [2.24, 2.45) is 0 Å². The van der Waals surface area contributed by atoms with Crippen LogP contribution < -0.4 is 9.64 Å². The fourth-order valence-corrected chi connectivity index (χ4v) is 14.1. The standard InChI is InChI=1S/C68H43NOS/c1-2-19-44(20-3-1)46-21-16-22-47(43-46)45-39-41-48(42-40-45)69(59-33-17-31-57-65(59)49-23-4-6-25-51(49)67(57)53-27-8-12-35-61(53)70-62-36-13-9-28-54(62)67)60-34-18-32-58-66(60)50-24-5-7-26-52(50)68(58)55-29-10-14-37-63(55)71-64-38-15-11-30-56(64)68/h1-43H. The van der Waals surface area contributed by atoms with Gasteiger partial charge in [0.05, 0.1) is 22.2 Å². The Hall–Kier alpha value is -8.63. The number of hydrogen-bond donors (Lipinski definition) is 0. The SMILES string of the molecule is c1ccc(-c2cccc(-c3ccc(N(c4cccc5c4-c4ccccc4C54c5ccccc5Oc5ccccc54)c4cccc5c4-c4ccccc4C54c5ccccc5Sc5ccccc54)cc3)c2)cc1. The molecule has 2 nitrogen and oxygen atoms in total. The van der Waals surface area contributed by atoms with Crippen LogP contribution in [-0.2, 0) is 10.8 Å². The number of hydrogen-bond acceptors (Lipinski definition) is 3. The highest BCUT2D eigenvalue weighted by Crippen LogP contribution is 2.67. The van der Waals surface area contributed by atoms with E-state index < -0.39 is 10.8 Å². The molecule has 0 N–H and O–H groups in total. The first-order valence-corrected chi connectivity index (χ1v) is 25.3. The molecule has 0 radical (unpaired) electrons. The summed E-state index contributed by atoms with van der Waals surface area (Å²) in [5.74, 6) is 1.77. The summed E-state index contributed by atoms with van der Waals surface area (Å²) in [5.41, 5.74) is 22.0. The molecule has 0 atom stereocenters. The van der Waals surface area contributed by atoms with Gasteiger partial charge in [-0.25, -0.2) is 0 Å². The van der Waals surface area contributed by atoms with E-state index in [9.17, 15) is 0 Å². The van der Waals surface area contributed by atoms with Crippen molar-refractivity contribution in [3.05, 3.63) is 305 Å². The molecule has 71 heavy (non-hydrogen) atoms. The zero-order valence-corrected chi connectivity index (χ0v) is 39.4. The molecule has 2 heterocycles. The highest BCUT2D eigenvalue weighted by atomic mass is 32.2. The van der Waals surface area contributed by atoms with Gasteiger partial charge >= 0.3 is 0 Å². The van der Waals surface area contributed by atoms with Crippen LogP contribution in [0.25, 0.3) is 44.5 Å². The molecule has 0 unspecified atom stereocenters. The Bertz CT molecular complexity index is 3680. The third-order valence-corrected chi connectivity index (χ3v) is 16.8. The lowest BCUT2D eigenvalue weighted by Gasteiger charge is -2.40. The van der Waals surface area contributed by atoms with Gasteiger partial charge in [-0.15, -0.1) is 0 Å². The second-order valence-electron chi connectivity index (χ2n) is 19.0. The van der Waals surface area contributed by atoms with E-state index in [-0.39, 0.29) is 0 Å². The van der Waals surface area contributed by atoms with Crippen LogP contribution in [0.1, 0.15) is 44.5 Å². The Morgan fingerprint density at radius 1 is 0.296 bits per heavy atom. The second kappa shape index (κ2) is 15.4. The number of benzene rings is 11. The lowest BCUT2D eigenvalue weighted by molar-refractivity contribution is 0.436. The van der Waals surface area contributed by atoms with Crippen LogP contribution in [-0.4, -0.2) is 0 Å². The van der Waals surface area contributed by atoms with Crippen LogP contribution in [0.15, 0.2) is 271 Å². The number of anilines is 3. The van der Waals surface area contributed by atoms with Crippen LogP contribution in [0.2, 0.25) is 0 Å². The van der Waals surface area contributed by atoms with Crippen molar-refractivity contribution in [3.8, 4) is 56.0 Å². The lowest BCUT2D eigenvalue weighted by atomic mass is 9.66. The fraction of sp³-hybridized carbons (Fsp3) is 0.0294. The minimum atomic E-state index is -0.616. The second-order valence-corrected chi connectivity index (χ2v) is 20.1. The van der Waals surface area contributed by atoms with Gasteiger partial charge in [-0.2, -0.15) is 0 Å². The van der Waals surface area contributed by atoms with Crippen LogP contribution >= 0.6 is 11.8 Å². The van der Waals surface area contributed by atoms with E-state index in [4.69, 9.17) is 4.74 Å². The molecule has 3 heteroatoms. The lowest BCUT2D eigenvalue weighted by Crippen LogP contribution is -2.32. The summed E-state index contributed by atoms with van der Waals surface area (Å²) in [6.07, 6.45) is 0. The summed E-state index contributed by atoms with van der Waals surface area (Å²) in [5, 5.41) is 0. The van der Waals surface area contributed by atoms with Crippen molar-refractivity contribution in [3.63, 3.8) is 0 Å². The maximum atomic E-state index is 6.77. The molecule has 332 valence electrons. The molecule has 0 bridgehead atoms. The Morgan fingerprint density at radius 2 is 0.690 bits per heavy atom. The molecule has 4 aliphatic rings. The zero-order valence-electron chi connectivity index (χ0n) is 38.6. The molecule has 2 aliphatic heterocycles. The van der Waals surface area contributed by atoms with E-state index in [1.165, 1.54) is 87.7 Å². The monoisotopic (exact) mass is 921 g/mol. The number of rotatable bonds is 5. The van der Waals surface area contributed by atoms with Gasteiger partial charge in [-0.05, 0) is 121 Å². The molecule has 0 aromatic heterocycles. The smallest absolute Gasteiger partial charge is 0.132 e. The van der Waals surface area contributed by atoms with Gasteiger partial charge < -0.3 is 9.64 Å². The average molecular weight is 922 g/mol. The van der Waals surface area contributed by atoms with Crippen LogP contribution in [0.3, 0.4) is 0 Å². The van der Waals surface area contributed by atoms with Gasteiger partial charge in [0.2, 0.25) is 0 Å². The maximum Gasteiger partial charge on any atom is 0.132 e. The molecular weight excluding hydrogens is 879 g/mol. The van der Waals surface area contributed by atoms with E-state index in [0.29, 0.717) is 0 Å². The third kappa shape index (κ3) is 5.55. The quantitative estimate of drug-likeness (QED) is 0.171. The molecule has 2 aliphatic carbocycles. The van der Waals surface area contributed by atoms with Crippen LogP contribution in [0.5, 0.6) is 11.5 Å². The van der Waals surface area contributed by atoms with E-state index in [2.05, 4.69) is 266 Å². The van der Waals surface area contributed by atoms with Crippen molar-refractivity contribution in [1.29, 1.82) is 0 Å². The van der Waals surface area contributed by atoms with Crippen molar-refractivity contribution in [2.75, 3.05) is 4.90 Å². The summed E-state index contributed by atoms with van der Waals surface area (Å²) in [4.78, 5) is 5.16. The number of ether oxygens (including phenoxy) is 1. The van der Waals surface area contributed by atoms with Crippen molar-refractivity contribution >= 4 is 28.8 Å². The molecule has 0 saturated heterocycles. The Labute approximate surface area is 418 Å². The molecular formula is C68H43NOS. The van der Waals surface area contributed by atoms with Gasteiger partial charge in [-0.1, -0.05) is 218 Å². The Kier molecular flexibility index (Phi) is 8.76. The first-order chi connectivity index (χ1) is 35.2. The Morgan fingerprint density at radius 3 is 1.24 bits per heavy atom. The molecule has 15 rings (SSSR count). The highest BCUT2D eigenvalue weighted by molar-refractivity contribution is 7.99. The van der Waals surface area contributed by atoms with E-state index in [1.807, 2.05) is 11.8 Å². The molecule has 0 fully saturated rings. The molecule has 11 aromatic rings. The summed E-state index contributed by atoms with van der Waals surface area (Å²) in [6, 6.07) is 96.6. The summed E-state index contributed by atoms with van der Waals surface area (Å²) >= 11 is 1.88. The van der Waals surface area contributed by atoms with Gasteiger partial charge in [0, 0.05) is 37.7 Å². The van der Waals surface area contributed by atoms with E-state index in [0.717, 1.165) is 39.7 Å². The predicted octanol–water partition coefficient (Wildman–Crippen LogP) is 17.8. The maximum absolute atomic E-state index is 6.77. The van der Waals surface area contributed by atoms with Gasteiger partial charge in [0.1, 0.15) is 11.5 Å². The first-order valence-electron chi connectivity index (χ1n) is 24.5. The van der Waals surface area contributed by atoms with Crippen LogP contribution in [0.4, 0.5) is 17.1 Å². The van der Waals surface area contributed by atoms with Gasteiger partial charge in [-0.3, -0.25) is 0 Å². The van der Waals surface area contributed by atoms with Crippen molar-refractivity contribution in [1.82, 2.24) is 0 Å². The summed E-state index contributed by atoms with van der Waals surface area (Å²) in [7, 11) is 0. The number of para-hydroxylation sites is 2. The fourth-order valence-electron chi connectivity index (χ4n) is 12.9. The first kappa shape index (κ1) is 40.3. The molecule has 0 saturated carbocycles. The molecule has 11 aromatic carbocycles. The Balaban J connectivity index is 1.02. The minimum absolute atomic E-state index is 0.523. The minimum Gasteiger partial charge on any atom is -0.457 e. The summed E-state index contributed by atoms with van der Waals surface area (Å²) in [6.45, 7) is 0. The molecule has 0 amide bonds. The number of nitrogens with zero attached hydrogens (tertiary/aromatic N) is 1. The van der Waals surface area contributed by atoms with Crippen LogP contribution in [0, 0.1) is 0 Å². The van der Waals surface area contributed by atoms with Crippen molar-refractivity contribution in [2.45, 2.75) is 20.6 Å². The number of fused-ring (bicyclic) bond motifs is 18. The topological polar surface area (TPSA) is 12.5 Å². The zero-order chi connectivity index (χ0) is 46.7. The highest BCUT2D eigenvalue weighted by Gasteiger charge is 2.53. The van der Waals surface area contributed by atoms with Gasteiger partial charge in [0.15, 0.2) is 0 Å². The molecule has 2 spiro atoms. The largest absolute Gasteiger partial charge is 0.457 e.